The Balaban J connectivity index is 2.78. The highest BCUT2D eigenvalue weighted by Gasteiger charge is 2.12. The summed E-state index contributed by atoms with van der Waals surface area (Å²) in [7, 11) is 1.10. The Hall–Kier alpha value is -2.04. The maximum Gasteiger partial charge on any atom is 0.373 e. The fourth-order valence-electron chi connectivity index (χ4n) is 0.778. The summed E-state index contributed by atoms with van der Waals surface area (Å²) in [5.74, 6) is -2.28. The quantitative estimate of drug-likeness (QED) is 0.338. The first-order valence-corrected chi connectivity index (χ1v) is 3.72. The van der Waals surface area contributed by atoms with Gasteiger partial charge >= 0.3 is 5.97 Å². The first kappa shape index (κ1) is 10.0. The van der Waals surface area contributed by atoms with Crippen molar-refractivity contribution in [3.05, 3.63) is 36.0 Å². The van der Waals surface area contributed by atoms with Crippen LogP contribution in [0.1, 0.15) is 10.6 Å². The van der Waals surface area contributed by atoms with Gasteiger partial charge in [0, 0.05) is 6.08 Å². The molecule has 5 nitrogen and oxygen atoms in total. The molecule has 0 aliphatic carbocycles. The highest BCUT2D eigenvalue weighted by atomic mass is 16.5. The average Bonchev–Trinajstić information content (AvgIpc) is 2.69. The molecule has 0 saturated carbocycles. The lowest BCUT2D eigenvalue weighted by Crippen LogP contribution is -2.06. The zero-order valence-corrected chi connectivity index (χ0v) is 7.39. The van der Waals surface area contributed by atoms with Gasteiger partial charge in [-0.25, -0.2) is 4.79 Å². The second-order valence-corrected chi connectivity index (χ2v) is 2.36. The van der Waals surface area contributed by atoms with Crippen LogP contribution in [-0.2, 0) is 9.53 Å². The third kappa shape index (κ3) is 2.22. The molecule has 1 heterocycles. The molecule has 0 aliphatic rings. The van der Waals surface area contributed by atoms with E-state index < -0.39 is 17.5 Å². The third-order valence-electron chi connectivity index (χ3n) is 1.43. The monoisotopic (exact) mass is 196 g/mol. The Morgan fingerprint density at radius 3 is 2.79 bits per heavy atom. The number of methoxy groups -OCH3 is 1. The van der Waals surface area contributed by atoms with E-state index in [1.165, 1.54) is 18.4 Å². The number of hydrogen-bond acceptors (Lipinski definition) is 5. The highest BCUT2D eigenvalue weighted by Crippen LogP contribution is 2.04. The minimum absolute atomic E-state index is 0.0421. The van der Waals surface area contributed by atoms with Crippen molar-refractivity contribution in [3.8, 4) is 0 Å². The lowest BCUT2D eigenvalue weighted by Gasteiger charge is -1.95. The van der Waals surface area contributed by atoms with E-state index in [9.17, 15) is 9.59 Å². The summed E-state index contributed by atoms with van der Waals surface area (Å²) in [6, 6.07) is 2.94. The smallest absolute Gasteiger partial charge is 0.373 e. The average molecular weight is 196 g/mol. The summed E-state index contributed by atoms with van der Waals surface area (Å²) in [6.45, 7) is 0. The summed E-state index contributed by atoms with van der Waals surface area (Å²) in [4.78, 5) is 21.9. The van der Waals surface area contributed by atoms with Crippen LogP contribution in [0.25, 0.3) is 0 Å². The van der Waals surface area contributed by atoms with Crippen LogP contribution in [0.15, 0.2) is 34.6 Å². The molecule has 0 spiro atoms. The lowest BCUT2D eigenvalue weighted by atomic mass is 10.2. The number of ether oxygens (including phenoxy) is 1. The van der Waals surface area contributed by atoms with Crippen LogP contribution in [0.5, 0.6) is 0 Å². The Morgan fingerprint density at radius 1 is 1.57 bits per heavy atom. The van der Waals surface area contributed by atoms with E-state index in [1.807, 2.05) is 0 Å². The highest BCUT2D eigenvalue weighted by molar-refractivity contribution is 6.06. The van der Waals surface area contributed by atoms with E-state index in [2.05, 4.69) is 4.74 Å². The third-order valence-corrected chi connectivity index (χ3v) is 1.43. The summed E-state index contributed by atoms with van der Waals surface area (Å²) in [6.07, 6.45) is 2.06. The van der Waals surface area contributed by atoms with Crippen LogP contribution < -0.4 is 0 Å². The molecule has 0 aliphatic heterocycles. The number of hydrogen-bond donors (Lipinski definition) is 1. The molecule has 0 fully saturated rings. The lowest BCUT2D eigenvalue weighted by molar-refractivity contribution is -0.139. The minimum Gasteiger partial charge on any atom is -0.502 e. The van der Waals surface area contributed by atoms with E-state index in [0.29, 0.717) is 0 Å². The number of rotatable bonds is 3. The number of carbonyl (C=O) groups is 2. The predicted octanol–water partition coefficient (Wildman–Crippen LogP) is 1.08. The van der Waals surface area contributed by atoms with Crippen LogP contribution in [0.2, 0.25) is 0 Å². The van der Waals surface area contributed by atoms with Gasteiger partial charge in [-0.05, 0) is 12.1 Å². The molecule has 0 atom stereocenters. The second kappa shape index (κ2) is 4.27. The molecule has 14 heavy (non-hydrogen) atoms. The van der Waals surface area contributed by atoms with Crippen LogP contribution in [0.4, 0.5) is 0 Å². The molecule has 0 aromatic carbocycles. The van der Waals surface area contributed by atoms with Crippen molar-refractivity contribution in [1.82, 2.24) is 0 Å². The Bertz CT molecular complexity index is 361. The van der Waals surface area contributed by atoms with Gasteiger partial charge in [0.05, 0.1) is 13.4 Å². The number of esters is 1. The van der Waals surface area contributed by atoms with Crippen molar-refractivity contribution in [3.63, 3.8) is 0 Å². The Kier molecular flexibility index (Phi) is 3.06. The molecule has 0 saturated heterocycles. The van der Waals surface area contributed by atoms with E-state index in [0.717, 1.165) is 13.2 Å². The molecule has 0 unspecified atom stereocenters. The number of carbonyl (C=O) groups excluding carboxylic acids is 2. The zero-order valence-electron chi connectivity index (χ0n) is 7.39. The van der Waals surface area contributed by atoms with E-state index in [-0.39, 0.29) is 5.76 Å². The SMILES string of the molecule is COC(=O)/C(O)=C/C(=O)c1ccco1. The number of furan rings is 1. The molecule has 1 rings (SSSR count). The first-order valence-electron chi connectivity index (χ1n) is 3.72. The maximum atomic E-state index is 11.2. The van der Waals surface area contributed by atoms with Gasteiger partial charge in [-0.3, -0.25) is 4.79 Å². The van der Waals surface area contributed by atoms with Gasteiger partial charge in [0.15, 0.2) is 5.76 Å². The molecule has 0 radical (unpaired) electrons. The van der Waals surface area contributed by atoms with Crippen molar-refractivity contribution < 1.29 is 23.8 Å². The molecule has 74 valence electrons. The molecule has 5 heteroatoms. The number of allylic oxidation sites excluding steroid dienone is 1. The van der Waals surface area contributed by atoms with Crippen molar-refractivity contribution in [2.45, 2.75) is 0 Å². The van der Waals surface area contributed by atoms with E-state index in [4.69, 9.17) is 9.52 Å². The molecule has 1 N–H and O–H groups in total. The van der Waals surface area contributed by atoms with Gasteiger partial charge in [-0.15, -0.1) is 0 Å². The van der Waals surface area contributed by atoms with Gasteiger partial charge in [-0.1, -0.05) is 0 Å². The maximum absolute atomic E-state index is 11.2. The van der Waals surface area contributed by atoms with Gasteiger partial charge in [0.1, 0.15) is 0 Å². The van der Waals surface area contributed by atoms with Crippen molar-refractivity contribution in [1.29, 1.82) is 0 Å². The molecule has 0 amide bonds. The van der Waals surface area contributed by atoms with Crippen molar-refractivity contribution >= 4 is 11.8 Å². The van der Waals surface area contributed by atoms with Gasteiger partial charge in [-0.2, -0.15) is 0 Å². The van der Waals surface area contributed by atoms with E-state index >= 15 is 0 Å². The molecular formula is C9H8O5. The van der Waals surface area contributed by atoms with Gasteiger partial charge < -0.3 is 14.3 Å². The fraction of sp³-hybridized carbons (Fsp3) is 0.111. The van der Waals surface area contributed by atoms with Gasteiger partial charge in [0.25, 0.3) is 0 Å². The number of aliphatic hydroxyl groups is 1. The first-order chi connectivity index (χ1) is 6.65. The predicted molar refractivity (Wildman–Crippen MR) is 45.8 cm³/mol. The largest absolute Gasteiger partial charge is 0.502 e. The summed E-state index contributed by atoms with van der Waals surface area (Å²) in [5.41, 5.74) is 0. The summed E-state index contributed by atoms with van der Waals surface area (Å²) < 4.78 is 8.94. The molecule has 0 bridgehead atoms. The van der Waals surface area contributed by atoms with Crippen LogP contribution >= 0.6 is 0 Å². The van der Waals surface area contributed by atoms with E-state index in [1.54, 1.807) is 0 Å². The molecular weight excluding hydrogens is 188 g/mol. The van der Waals surface area contributed by atoms with Crippen LogP contribution in [0, 0.1) is 0 Å². The molecule has 1 aromatic rings. The minimum atomic E-state index is -0.968. The number of ketones is 1. The second-order valence-electron chi connectivity index (χ2n) is 2.36. The normalized spacial score (nSPS) is 11.1. The van der Waals surface area contributed by atoms with Crippen molar-refractivity contribution in [2.24, 2.45) is 0 Å². The standard InChI is InChI=1S/C9H8O5/c1-13-9(12)7(11)5-6(10)8-3-2-4-14-8/h2-5,11H,1H3/b7-5-. The topological polar surface area (TPSA) is 76.7 Å². The summed E-state index contributed by atoms with van der Waals surface area (Å²) >= 11 is 0. The van der Waals surface area contributed by atoms with Crippen LogP contribution in [0.3, 0.4) is 0 Å². The molecule has 1 aromatic heterocycles. The summed E-state index contributed by atoms with van der Waals surface area (Å²) in [5, 5.41) is 9.01. The van der Waals surface area contributed by atoms with Crippen LogP contribution in [-0.4, -0.2) is 24.0 Å². The Morgan fingerprint density at radius 2 is 2.29 bits per heavy atom. The Labute approximate surface area is 79.6 Å². The van der Waals surface area contributed by atoms with Crippen molar-refractivity contribution in [2.75, 3.05) is 7.11 Å². The fourth-order valence-corrected chi connectivity index (χ4v) is 0.778. The van der Waals surface area contributed by atoms with Gasteiger partial charge in [0.2, 0.25) is 11.5 Å². The zero-order chi connectivity index (χ0) is 10.6. The number of aliphatic hydroxyl groups excluding tert-OH is 1.